The molecule has 79 heavy (non-hydrogen) atoms. The first-order valence-corrected chi connectivity index (χ1v) is 26.8. The van der Waals surface area contributed by atoms with Crippen LogP contribution in [0.25, 0.3) is 22.0 Å². The lowest BCUT2D eigenvalue weighted by Crippen LogP contribution is -2.35. The molecule has 16 nitrogen and oxygen atoms in total. The van der Waals surface area contributed by atoms with Gasteiger partial charge in [-0.15, -0.1) is 0 Å². The second-order valence-electron chi connectivity index (χ2n) is 18.5. The van der Waals surface area contributed by atoms with Crippen LogP contribution < -0.4 is 9.62 Å². The number of alkyl halides is 8. The minimum absolute atomic E-state index is 0.171. The van der Waals surface area contributed by atoms with Gasteiger partial charge in [0, 0.05) is 64.6 Å². The van der Waals surface area contributed by atoms with Crippen LogP contribution in [0.3, 0.4) is 0 Å². The van der Waals surface area contributed by atoms with Crippen molar-refractivity contribution in [3.05, 3.63) is 105 Å². The number of aromatic nitrogens is 5. The van der Waals surface area contributed by atoms with E-state index in [0.717, 1.165) is 30.5 Å². The number of benzene rings is 2. The molecule has 5 aromatic rings. The van der Waals surface area contributed by atoms with E-state index in [1.165, 1.54) is 32.2 Å². The van der Waals surface area contributed by atoms with E-state index in [-0.39, 0.29) is 31.4 Å². The monoisotopic (exact) mass is 1180 g/mol. The number of anilines is 1. The average molecular weight is 1180 g/mol. The minimum atomic E-state index is -5.22. The number of esters is 2. The van der Waals surface area contributed by atoms with E-state index in [4.69, 9.17) is 25.8 Å². The summed E-state index contributed by atoms with van der Waals surface area (Å²) in [4.78, 5) is 56.6. The van der Waals surface area contributed by atoms with Crippen molar-refractivity contribution in [2.75, 3.05) is 23.6 Å². The summed E-state index contributed by atoms with van der Waals surface area (Å²) in [6.45, 7) is 7.23. The number of carbonyl (C=O) groups excluding carboxylic acids is 4. The number of hydrogen-bond donors (Lipinski definition) is 1. The van der Waals surface area contributed by atoms with Gasteiger partial charge in [0.15, 0.2) is 11.5 Å². The zero-order valence-electron chi connectivity index (χ0n) is 43.3. The fraction of sp³-hybridized carbons (Fsp3) is 0.420. The molecule has 2 aromatic carbocycles. The van der Waals surface area contributed by atoms with Crippen LogP contribution in [0.1, 0.15) is 94.8 Å². The summed E-state index contributed by atoms with van der Waals surface area (Å²) < 4.78 is 186. The maximum Gasteiger partial charge on any atom is 0.435 e. The standard InChI is InChI=1S/C48H44ClF10N7O9S2.C2H6/c1-44(2,3)75-36(69)13-12-35(68)73-24-74-43(70)66(77(7)72)42-37-32(49)11-10-30(39(37)65(63-42)23-47(54,55)56)29-9-8-28(14-16-45(4,5)76(6)71)60-38(29)33(20-25-18-26(50)21-27(51)19-25)61-34(67)22-64-41-31(15-17-46(41,52)53)40(62-64)48(57,58)59;1-2/h8-13,18-19,21,33H,15,17,20,22-24H2,1-7H3,(H,61,67);1-2H3/b13-12+;. The van der Waals surface area contributed by atoms with E-state index in [1.54, 1.807) is 20.8 Å². The van der Waals surface area contributed by atoms with Gasteiger partial charge >= 0.3 is 30.4 Å². The summed E-state index contributed by atoms with van der Waals surface area (Å²) in [6, 6.07) is 5.09. The van der Waals surface area contributed by atoms with Crippen LogP contribution in [-0.4, -0.2) is 92.7 Å². The topological polar surface area (TPSA) is 194 Å². The third-order valence-corrected chi connectivity index (χ3v) is 13.7. The molecule has 0 radical (unpaired) electrons. The Labute approximate surface area is 455 Å². The fourth-order valence-electron chi connectivity index (χ4n) is 7.70. The van der Waals surface area contributed by atoms with E-state index in [1.807, 2.05) is 13.8 Å². The molecule has 1 N–H and O–H groups in total. The predicted molar refractivity (Wildman–Crippen MR) is 270 cm³/mol. The van der Waals surface area contributed by atoms with Crippen LogP contribution in [-0.2, 0) is 88.4 Å². The van der Waals surface area contributed by atoms with Crippen molar-refractivity contribution in [2.24, 2.45) is 0 Å². The average Bonchev–Trinajstić information content (AvgIpc) is 4.24. The summed E-state index contributed by atoms with van der Waals surface area (Å²) in [6.07, 6.45) is -10.8. The molecule has 6 rings (SSSR count). The lowest BCUT2D eigenvalue weighted by Gasteiger charge is -2.23. The van der Waals surface area contributed by atoms with Gasteiger partial charge in [-0.2, -0.15) is 49.6 Å². The number of hydrogen-bond acceptors (Lipinski definition) is 12. The molecule has 29 heteroatoms. The van der Waals surface area contributed by atoms with Crippen LogP contribution in [0.5, 0.6) is 0 Å². The Morgan fingerprint density at radius 3 is 2.09 bits per heavy atom. The summed E-state index contributed by atoms with van der Waals surface area (Å²) >= 11 is 6.67. The number of amides is 2. The molecule has 1 aliphatic rings. The first kappa shape index (κ1) is 63.0. The first-order chi connectivity index (χ1) is 36.5. The molecule has 3 atom stereocenters. The van der Waals surface area contributed by atoms with E-state index in [9.17, 15) is 62.7 Å². The number of ether oxygens (including phenoxy) is 3. The van der Waals surface area contributed by atoms with Crippen LogP contribution in [0.15, 0.2) is 54.6 Å². The minimum Gasteiger partial charge on any atom is -0.457 e. The molecule has 0 saturated carbocycles. The highest BCUT2D eigenvalue weighted by atomic mass is 35.5. The Hall–Kier alpha value is -6.86. The van der Waals surface area contributed by atoms with E-state index in [0.29, 0.717) is 22.9 Å². The maximum atomic E-state index is 15.2. The van der Waals surface area contributed by atoms with Gasteiger partial charge < -0.3 is 19.5 Å². The van der Waals surface area contributed by atoms with Crippen LogP contribution >= 0.6 is 11.6 Å². The molecule has 0 saturated heterocycles. The SMILES string of the molecule is CC.CS(=O)N(C(=O)OCOC(=O)/C=C/C(=O)OC(C)(C)C)c1nn(CC(F)(F)F)c2c(-c3ccc(C#CC(C)(C)S(C)=O)nc3C(Cc3cc(F)cc(F)c3)NC(=O)Cn3nc(C(F)(F)F)c4c3C(F)(F)CC4)ccc(Cl)c12. The Kier molecular flexibility index (Phi) is 19.7. The molecule has 0 spiro atoms. The Bertz CT molecular complexity index is 3290. The van der Waals surface area contributed by atoms with E-state index < -0.39 is 176 Å². The van der Waals surface area contributed by atoms with Gasteiger partial charge in [0.2, 0.25) is 12.7 Å². The summed E-state index contributed by atoms with van der Waals surface area (Å²) in [5, 5.41) is 8.81. The van der Waals surface area contributed by atoms with Crippen molar-refractivity contribution in [3.63, 3.8) is 0 Å². The number of pyridine rings is 1. The number of carbonyl (C=O) groups is 4. The van der Waals surface area contributed by atoms with Gasteiger partial charge in [0.25, 0.3) is 5.92 Å². The largest absolute Gasteiger partial charge is 0.457 e. The van der Waals surface area contributed by atoms with Gasteiger partial charge in [-0.1, -0.05) is 37.4 Å². The smallest absolute Gasteiger partial charge is 0.435 e. The Balaban J connectivity index is 0.00000567. The molecule has 0 aliphatic heterocycles. The maximum absolute atomic E-state index is 15.2. The molecule has 428 valence electrons. The highest BCUT2D eigenvalue weighted by molar-refractivity contribution is 7.86. The highest BCUT2D eigenvalue weighted by Crippen LogP contribution is 2.47. The van der Waals surface area contributed by atoms with Gasteiger partial charge in [-0.05, 0) is 89.3 Å². The number of halogens is 11. The second kappa shape index (κ2) is 24.7. The fourth-order valence-corrected chi connectivity index (χ4v) is 8.77. The van der Waals surface area contributed by atoms with Crippen molar-refractivity contribution < 1.29 is 85.7 Å². The van der Waals surface area contributed by atoms with Crippen molar-refractivity contribution in [2.45, 2.75) is 115 Å². The van der Waals surface area contributed by atoms with Crippen molar-refractivity contribution >= 4 is 74.0 Å². The van der Waals surface area contributed by atoms with E-state index in [2.05, 4.69) is 32.3 Å². The Morgan fingerprint density at radius 1 is 0.886 bits per heavy atom. The number of nitrogens with one attached hydrogen (secondary N) is 1. The highest BCUT2D eigenvalue weighted by Gasteiger charge is 2.50. The van der Waals surface area contributed by atoms with Gasteiger partial charge in [-0.3, -0.25) is 18.4 Å². The number of nitrogens with zero attached hydrogens (tertiary/aromatic N) is 6. The molecular formula is C50H50ClF10N7O9S2. The zero-order chi connectivity index (χ0) is 59.3. The molecule has 0 fully saturated rings. The molecule has 2 amide bonds. The van der Waals surface area contributed by atoms with Crippen LogP contribution in [0, 0.1) is 23.5 Å². The van der Waals surface area contributed by atoms with Gasteiger partial charge in [-0.25, -0.2) is 32.4 Å². The number of rotatable bonds is 15. The summed E-state index contributed by atoms with van der Waals surface area (Å²) in [5.74, 6) is -4.95. The first-order valence-electron chi connectivity index (χ1n) is 23.4. The van der Waals surface area contributed by atoms with Crippen molar-refractivity contribution in [3.8, 4) is 23.0 Å². The molecule has 0 bridgehead atoms. The predicted octanol–water partition coefficient (Wildman–Crippen LogP) is 10.1. The van der Waals surface area contributed by atoms with Crippen LogP contribution in [0.2, 0.25) is 5.02 Å². The normalized spacial score (nSPS) is 14.5. The third-order valence-electron chi connectivity index (χ3n) is 11.0. The van der Waals surface area contributed by atoms with E-state index >= 15 is 8.78 Å². The molecule has 3 heterocycles. The molecule has 3 aromatic heterocycles. The second-order valence-corrected chi connectivity index (χ2v) is 22.0. The van der Waals surface area contributed by atoms with Crippen LogP contribution in [0.4, 0.5) is 54.5 Å². The zero-order valence-corrected chi connectivity index (χ0v) is 45.7. The molecule has 3 unspecified atom stereocenters. The van der Waals surface area contributed by atoms with Gasteiger partial charge in [0.05, 0.1) is 27.7 Å². The van der Waals surface area contributed by atoms with Gasteiger partial charge in [0.1, 0.15) is 57.4 Å². The quantitative estimate of drug-likeness (QED) is 0.0343. The Morgan fingerprint density at radius 2 is 1.51 bits per heavy atom. The van der Waals surface area contributed by atoms with Crippen molar-refractivity contribution in [1.29, 1.82) is 0 Å². The number of fused-ring (bicyclic) bond motifs is 2. The summed E-state index contributed by atoms with van der Waals surface area (Å²) in [5.41, 5.74) is -6.57. The van der Waals surface area contributed by atoms with Crippen molar-refractivity contribution in [1.82, 2.24) is 29.9 Å². The molecular weight excluding hydrogens is 1130 g/mol. The lowest BCUT2D eigenvalue weighted by molar-refractivity contribution is -0.150. The third kappa shape index (κ3) is 15.9. The molecule has 1 aliphatic carbocycles. The summed E-state index contributed by atoms with van der Waals surface area (Å²) in [7, 11) is -4.17. The lowest BCUT2D eigenvalue weighted by atomic mass is 9.93.